The van der Waals surface area contributed by atoms with Gasteiger partial charge in [-0.1, -0.05) is 0 Å². The molecular formula is C15H16FNO2. The van der Waals surface area contributed by atoms with Gasteiger partial charge in [-0.3, -0.25) is 0 Å². The van der Waals surface area contributed by atoms with Crippen molar-refractivity contribution in [3.63, 3.8) is 0 Å². The molecule has 0 radical (unpaired) electrons. The van der Waals surface area contributed by atoms with E-state index in [0.717, 1.165) is 17.9 Å². The van der Waals surface area contributed by atoms with Crippen molar-refractivity contribution < 1.29 is 13.5 Å². The highest BCUT2D eigenvalue weighted by molar-refractivity contribution is 5.23. The highest BCUT2D eigenvalue weighted by Crippen LogP contribution is 2.21. The summed E-state index contributed by atoms with van der Waals surface area (Å²) in [6.07, 6.45) is 4.20. The van der Waals surface area contributed by atoms with Crippen LogP contribution in [0.25, 0.3) is 0 Å². The Balaban J connectivity index is 1.56. The van der Waals surface area contributed by atoms with Crippen molar-refractivity contribution in [2.24, 2.45) is 0 Å². The lowest BCUT2D eigenvalue weighted by Gasteiger charge is -2.06. The Morgan fingerprint density at radius 1 is 1.21 bits per heavy atom. The molecule has 0 spiro atoms. The summed E-state index contributed by atoms with van der Waals surface area (Å²) < 4.78 is 23.8. The maximum absolute atomic E-state index is 12.8. The van der Waals surface area contributed by atoms with Crippen LogP contribution < -0.4 is 10.1 Å². The van der Waals surface area contributed by atoms with E-state index in [1.54, 1.807) is 18.4 Å². The Morgan fingerprint density at radius 3 is 2.74 bits per heavy atom. The van der Waals surface area contributed by atoms with E-state index >= 15 is 0 Å². The second kappa shape index (κ2) is 5.45. The number of hydrogen-bond donors (Lipinski definition) is 1. The third-order valence-corrected chi connectivity index (χ3v) is 3.18. The van der Waals surface area contributed by atoms with Gasteiger partial charge in [0.2, 0.25) is 0 Å². The standard InChI is InChI=1S/C15H16FNO2/c16-12-1-5-14(6-2-12)19-10-15-11(7-8-18-15)9-17-13-3-4-13/h1-2,5-8,13,17H,3-4,9-10H2. The Bertz CT molecular complexity index is 531. The highest BCUT2D eigenvalue weighted by Gasteiger charge is 2.20. The molecule has 1 N–H and O–H groups in total. The molecule has 1 fully saturated rings. The summed E-state index contributed by atoms with van der Waals surface area (Å²) in [7, 11) is 0. The second-order valence-corrected chi connectivity index (χ2v) is 4.77. The van der Waals surface area contributed by atoms with Gasteiger partial charge < -0.3 is 14.5 Å². The van der Waals surface area contributed by atoms with Gasteiger partial charge in [-0.2, -0.15) is 0 Å². The Hall–Kier alpha value is -1.81. The number of furan rings is 1. The minimum atomic E-state index is -0.264. The predicted molar refractivity (Wildman–Crippen MR) is 69.3 cm³/mol. The first kappa shape index (κ1) is 12.2. The van der Waals surface area contributed by atoms with Crippen molar-refractivity contribution in [1.82, 2.24) is 5.32 Å². The summed E-state index contributed by atoms with van der Waals surface area (Å²) in [6.45, 7) is 1.17. The van der Waals surface area contributed by atoms with Crippen molar-refractivity contribution in [2.45, 2.75) is 32.0 Å². The summed E-state index contributed by atoms with van der Waals surface area (Å²) in [5.41, 5.74) is 1.12. The van der Waals surface area contributed by atoms with E-state index in [1.807, 2.05) is 6.07 Å². The fourth-order valence-corrected chi connectivity index (χ4v) is 1.87. The molecule has 1 saturated carbocycles. The van der Waals surface area contributed by atoms with Crippen LogP contribution in [-0.4, -0.2) is 6.04 Å². The van der Waals surface area contributed by atoms with Gasteiger partial charge in [0.25, 0.3) is 0 Å². The Labute approximate surface area is 111 Å². The van der Waals surface area contributed by atoms with Crippen LogP contribution in [-0.2, 0) is 13.2 Å². The molecule has 1 aliphatic rings. The zero-order valence-electron chi connectivity index (χ0n) is 10.6. The molecule has 1 aromatic heterocycles. The largest absolute Gasteiger partial charge is 0.486 e. The summed E-state index contributed by atoms with van der Waals surface area (Å²) in [5, 5.41) is 3.44. The van der Waals surface area contributed by atoms with Gasteiger partial charge in [-0.25, -0.2) is 4.39 Å². The molecule has 0 aliphatic heterocycles. The highest BCUT2D eigenvalue weighted by atomic mass is 19.1. The van der Waals surface area contributed by atoms with Crippen LogP contribution in [0, 0.1) is 5.82 Å². The zero-order chi connectivity index (χ0) is 13.1. The van der Waals surface area contributed by atoms with Crippen molar-refractivity contribution in [2.75, 3.05) is 0 Å². The third kappa shape index (κ3) is 3.35. The van der Waals surface area contributed by atoms with E-state index in [4.69, 9.17) is 9.15 Å². The SMILES string of the molecule is Fc1ccc(OCc2occc2CNC2CC2)cc1. The molecular weight excluding hydrogens is 245 g/mol. The Kier molecular flexibility index (Phi) is 3.51. The zero-order valence-corrected chi connectivity index (χ0v) is 10.6. The van der Waals surface area contributed by atoms with E-state index in [1.165, 1.54) is 25.0 Å². The van der Waals surface area contributed by atoms with Crippen molar-refractivity contribution in [1.29, 1.82) is 0 Å². The normalized spacial score (nSPS) is 14.6. The third-order valence-electron chi connectivity index (χ3n) is 3.18. The van der Waals surface area contributed by atoms with E-state index in [2.05, 4.69) is 5.32 Å². The van der Waals surface area contributed by atoms with Gasteiger partial charge in [0.1, 0.15) is 23.9 Å². The minimum absolute atomic E-state index is 0.264. The molecule has 3 rings (SSSR count). The molecule has 2 aromatic rings. The van der Waals surface area contributed by atoms with Crippen LogP contribution in [0.1, 0.15) is 24.2 Å². The van der Waals surface area contributed by atoms with E-state index < -0.39 is 0 Å². The van der Waals surface area contributed by atoms with Gasteiger partial charge in [0.15, 0.2) is 0 Å². The van der Waals surface area contributed by atoms with Crippen LogP contribution in [0.4, 0.5) is 4.39 Å². The molecule has 1 heterocycles. The number of halogens is 1. The van der Waals surface area contributed by atoms with Crippen molar-refractivity contribution in [3.05, 3.63) is 53.7 Å². The van der Waals surface area contributed by atoms with Gasteiger partial charge in [0, 0.05) is 18.2 Å². The number of nitrogens with one attached hydrogen (secondary N) is 1. The molecule has 19 heavy (non-hydrogen) atoms. The quantitative estimate of drug-likeness (QED) is 0.866. The van der Waals surface area contributed by atoms with E-state index in [9.17, 15) is 4.39 Å². The van der Waals surface area contributed by atoms with Gasteiger partial charge >= 0.3 is 0 Å². The lowest BCUT2D eigenvalue weighted by molar-refractivity contribution is 0.267. The maximum Gasteiger partial charge on any atom is 0.146 e. The summed E-state index contributed by atoms with van der Waals surface area (Å²) in [6, 6.07) is 8.61. The molecule has 0 atom stereocenters. The summed E-state index contributed by atoms with van der Waals surface area (Å²) in [5.74, 6) is 1.19. The molecule has 0 amide bonds. The van der Waals surface area contributed by atoms with Crippen LogP contribution in [0.3, 0.4) is 0 Å². The number of ether oxygens (including phenoxy) is 1. The topological polar surface area (TPSA) is 34.4 Å². The van der Waals surface area contributed by atoms with Gasteiger partial charge in [0.05, 0.1) is 6.26 Å². The molecule has 0 saturated heterocycles. The van der Waals surface area contributed by atoms with E-state index in [0.29, 0.717) is 18.4 Å². The number of hydrogen-bond acceptors (Lipinski definition) is 3. The number of benzene rings is 1. The van der Waals surface area contributed by atoms with Crippen molar-refractivity contribution >= 4 is 0 Å². The van der Waals surface area contributed by atoms with Gasteiger partial charge in [-0.15, -0.1) is 0 Å². The average molecular weight is 261 g/mol. The van der Waals surface area contributed by atoms with Crippen LogP contribution in [0.15, 0.2) is 41.0 Å². The molecule has 1 aliphatic carbocycles. The average Bonchev–Trinajstić information content (AvgIpc) is 3.15. The molecule has 0 unspecified atom stereocenters. The summed E-state index contributed by atoms with van der Waals surface area (Å²) in [4.78, 5) is 0. The fourth-order valence-electron chi connectivity index (χ4n) is 1.87. The summed E-state index contributed by atoms with van der Waals surface area (Å²) >= 11 is 0. The van der Waals surface area contributed by atoms with Crippen LogP contribution >= 0.6 is 0 Å². The molecule has 1 aromatic carbocycles. The predicted octanol–water partition coefficient (Wildman–Crippen LogP) is 3.25. The monoisotopic (exact) mass is 261 g/mol. The van der Waals surface area contributed by atoms with Crippen LogP contribution in [0.2, 0.25) is 0 Å². The minimum Gasteiger partial charge on any atom is -0.486 e. The maximum atomic E-state index is 12.8. The molecule has 3 nitrogen and oxygen atoms in total. The van der Waals surface area contributed by atoms with E-state index in [-0.39, 0.29) is 5.82 Å². The number of rotatable bonds is 6. The first-order chi connectivity index (χ1) is 9.31. The first-order valence-electron chi connectivity index (χ1n) is 6.48. The second-order valence-electron chi connectivity index (χ2n) is 4.77. The smallest absolute Gasteiger partial charge is 0.146 e. The van der Waals surface area contributed by atoms with Gasteiger partial charge in [-0.05, 0) is 43.2 Å². The molecule has 0 bridgehead atoms. The Morgan fingerprint density at radius 2 is 2.00 bits per heavy atom. The molecule has 4 heteroatoms. The fraction of sp³-hybridized carbons (Fsp3) is 0.333. The van der Waals surface area contributed by atoms with Crippen molar-refractivity contribution in [3.8, 4) is 5.75 Å². The molecule has 100 valence electrons. The lowest BCUT2D eigenvalue weighted by atomic mass is 10.2. The first-order valence-corrected chi connectivity index (χ1v) is 6.48. The van der Waals surface area contributed by atoms with Crippen LogP contribution in [0.5, 0.6) is 5.75 Å². The lowest BCUT2D eigenvalue weighted by Crippen LogP contribution is -2.16.